The van der Waals surface area contributed by atoms with E-state index in [4.69, 9.17) is 16.3 Å². The minimum Gasteiger partial charge on any atom is -0.496 e. The molecule has 3 heteroatoms. The van der Waals surface area contributed by atoms with Gasteiger partial charge in [-0.3, -0.25) is 0 Å². The van der Waals surface area contributed by atoms with Crippen LogP contribution in [0.25, 0.3) is 11.3 Å². The highest BCUT2D eigenvalue weighted by Gasteiger charge is 2.09. The first-order valence-electron chi connectivity index (χ1n) is 4.68. The average molecular weight is 222 g/mol. The summed E-state index contributed by atoms with van der Waals surface area (Å²) in [6.07, 6.45) is 0. The molecule has 2 aromatic rings. The maximum Gasteiger partial charge on any atom is 0.128 e. The maximum atomic E-state index is 6.00. The molecule has 1 aromatic carbocycles. The van der Waals surface area contributed by atoms with E-state index in [1.54, 1.807) is 7.11 Å². The first-order chi connectivity index (χ1) is 7.24. The van der Waals surface area contributed by atoms with Crippen molar-refractivity contribution in [1.29, 1.82) is 0 Å². The molecule has 2 rings (SSSR count). The summed E-state index contributed by atoms with van der Waals surface area (Å²) in [4.78, 5) is 0. The molecule has 0 spiro atoms. The van der Waals surface area contributed by atoms with Crippen molar-refractivity contribution < 1.29 is 4.74 Å². The largest absolute Gasteiger partial charge is 0.496 e. The topological polar surface area (TPSA) is 14.2 Å². The molecular formula is C12H12ClNO. The van der Waals surface area contributed by atoms with Crippen molar-refractivity contribution in [3.63, 3.8) is 0 Å². The summed E-state index contributed by atoms with van der Waals surface area (Å²) in [5.41, 5.74) is 2.10. The van der Waals surface area contributed by atoms with Crippen molar-refractivity contribution in [3.8, 4) is 17.0 Å². The molecule has 2 nitrogen and oxygen atoms in total. The van der Waals surface area contributed by atoms with Crippen LogP contribution in [-0.2, 0) is 7.05 Å². The molecule has 0 bridgehead atoms. The fourth-order valence-corrected chi connectivity index (χ4v) is 1.77. The molecule has 78 valence electrons. The van der Waals surface area contributed by atoms with E-state index < -0.39 is 0 Å². The molecule has 0 fully saturated rings. The van der Waals surface area contributed by atoms with Crippen molar-refractivity contribution in [2.45, 2.75) is 0 Å². The van der Waals surface area contributed by atoms with Crippen LogP contribution < -0.4 is 4.74 Å². The third-order valence-corrected chi connectivity index (χ3v) is 2.82. The molecule has 0 unspecified atom stereocenters. The van der Waals surface area contributed by atoms with Crippen LogP contribution in [0.3, 0.4) is 0 Å². The van der Waals surface area contributed by atoms with Gasteiger partial charge >= 0.3 is 0 Å². The molecule has 0 aliphatic rings. The summed E-state index contributed by atoms with van der Waals surface area (Å²) in [5, 5.41) is 0.718. The van der Waals surface area contributed by atoms with Crippen LogP contribution in [0.4, 0.5) is 0 Å². The second-order valence-corrected chi connectivity index (χ2v) is 3.69. The van der Waals surface area contributed by atoms with Gasteiger partial charge in [0, 0.05) is 12.6 Å². The SMILES string of the molecule is COc1ccccc1-c1ccc(Cl)n1C. The number of hydrogen-bond acceptors (Lipinski definition) is 1. The predicted molar refractivity (Wildman–Crippen MR) is 62.4 cm³/mol. The molecule has 0 atom stereocenters. The Morgan fingerprint density at radius 1 is 1.13 bits per heavy atom. The van der Waals surface area contributed by atoms with Gasteiger partial charge in [0.05, 0.1) is 12.8 Å². The lowest BCUT2D eigenvalue weighted by atomic mass is 10.1. The zero-order valence-electron chi connectivity index (χ0n) is 8.70. The standard InChI is InChI=1S/C12H12ClNO/c1-14-10(7-8-12(14)13)9-5-3-4-6-11(9)15-2/h3-8H,1-2H3. The van der Waals surface area contributed by atoms with Gasteiger partial charge in [-0.05, 0) is 24.3 Å². The van der Waals surface area contributed by atoms with Gasteiger partial charge in [0.2, 0.25) is 0 Å². The molecule has 0 amide bonds. The Hall–Kier alpha value is -1.41. The Morgan fingerprint density at radius 3 is 2.47 bits per heavy atom. The highest BCUT2D eigenvalue weighted by atomic mass is 35.5. The smallest absolute Gasteiger partial charge is 0.128 e. The lowest BCUT2D eigenvalue weighted by Gasteiger charge is -2.09. The van der Waals surface area contributed by atoms with E-state index in [9.17, 15) is 0 Å². The van der Waals surface area contributed by atoms with Crippen molar-refractivity contribution in [1.82, 2.24) is 4.57 Å². The lowest BCUT2D eigenvalue weighted by Crippen LogP contribution is -1.93. The first kappa shape index (κ1) is 10.1. The summed E-state index contributed by atoms with van der Waals surface area (Å²) < 4.78 is 7.24. The number of nitrogens with zero attached hydrogens (tertiary/aromatic N) is 1. The van der Waals surface area contributed by atoms with Crippen LogP contribution in [-0.4, -0.2) is 11.7 Å². The number of aromatic nitrogens is 1. The number of para-hydroxylation sites is 1. The quantitative estimate of drug-likeness (QED) is 0.759. The fraction of sp³-hybridized carbons (Fsp3) is 0.167. The maximum absolute atomic E-state index is 6.00. The van der Waals surface area contributed by atoms with Crippen molar-refractivity contribution in [3.05, 3.63) is 41.6 Å². The van der Waals surface area contributed by atoms with Gasteiger partial charge in [-0.1, -0.05) is 23.7 Å². The molecule has 0 aliphatic heterocycles. The van der Waals surface area contributed by atoms with E-state index in [-0.39, 0.29) is 0 Å². The van der Waals surface area contributed by atoms with Gasteiger partial charge in [-0.25, -0.2) is 0 Å². The summed E-state index contributed by atoms with van der Waals surface area (Å²) in [6.45, 7) is 0. The monoisotopic (exact) mass is 221 g/mol. The zero-order valence-corrected chi connectivity index (χ0v) is 9.45. The highest BCUT2D eigenvalue weighted by molar-refractivity contribution is 6.29. The molecule has 0 N–H and O–H groups in total. The minimum absolute atomic E-state index is 0.718. The average Bonchev–Trinajstić information content (AvgIpc) is 2.60. The Morgan fingerprint density at radius 2 is 1.87 bits per heavy atom. The molecule has 1 heterocycles. The zero-order chi connectivity index (χ0) is 10.8. The number of rotatable bonds is 2. The summed E-state index contributed by atoms with van der Waals surface area (Å²) in [5.74, 6) is 0.857. The van der Waals surface area contributed by atoms with Crippen LogP contribution in [0, 0.1) is 0 Å². The first-order valence-corrected chi connectivity index (χ1v) is 5.06. The van der Waals surface area contributed by atoms with Crippen LogP contribution in [0.5, 0.6) is 5.75 Å². The third kappa shape index (κ3) is 1.73. The second-order valence-electron chi connectivity index (χ2n) is 3.30. The van der Waals surface area contributed by atoms with E-state index >= 15 is 0 Å². The Balaban J connectivity index is 2.58. The summed E-state index contributed by atoms with van der Waals surface area (Å²) >= 11 is 6.00. The Bertz CT molecular complexity index is 476. The number of hydrogen-bond donors (Lipinski definition) is 0. The molecule has 15 heavy (non-hydrogen) atoms. The minimum atomic E-state index is 0.718. The molecule has 0 saturated carbocycles. The van der Waals surface area contributed by atoms with Gasteiger partial charge < -0.3 is 9.30 Å². The normalized spacial score (nSPS) is 10.3. The van der Waals surface area contributed by atoms with Crippen molar-refractivity contribution in [2.75, 3.05) is 7.11 Å². The summed E-state index contributed by atoms with van der Waals surface area (Å²) in [7, 11) is 3.60. The van der Waals surface area contributed by atoms with Gasteiger partial charge in [0.15, 0.2) is 0 Å². The molecule has 0 aliphatic carbocycles. The molecular weight excluding hydrogens is 210 g/mol. The van der Waals surface area contributed by atoms with Gasteiger partial charge in [0.1, 0.15) is 10.9 Å². The van der Waals surface area contributed by atoms with Gasteiger partial charge in [-0.2, -0.15) is 0 Å². The van der Waals surface area contributed by atoms with E-state index in [1.807, 2.05) is 48.0 Å². The van der Waals surface area contributed by atoms with E-state index in [2.05, 4.69) is 0 Å². The van der Waals surface area contributed by atoms with Crippen LogP contribution in [0.2, 0.25) is 5.15 Å². The molecule has 0 radical (unpaired) electrons. The Kier molecular flexibility index (Phi) is 2.69. The molecule has 1 aromatic heterocycles. The fourth-order valence-electron chi connectivity index (χ4n) is 1.61. The summed E-state index contributed by atoms with van der Waals surface area (Å²) in [6, 6.07) is 11.8. The Labute approximate surface area is 94.1 Å². The van der Waals surface area contributed by atoms with Crippen molar-refractivity contribution in [2.24, 2.45) is 7.05 Å². The number of ether oxygens (including phenoxy) is 1. The van der Waals surface area contributed by atoms with Gasteiger partial charge in [0.25, 0.3) is 0 Å². The second kappa shape index (κ2) is 3.99. The lowest BCUT2D eigenvalue weighted by molar-refractivity contribution is 0.416. The van der Waals surface area contributed by atoms with E-state index in [0.29, 0.717) is 0 Å². The highest BCUT2D eigenvalue weighted by Crippen LogP contribution is 2.31. The number of methoxy groups -OCH3 is 1. The van der Waals surface area contributed by atoms with Crippen LogP contribution in [0.1, 0.15) is 0 Å². The van der Waals surface area contributed by atoms with Crippen molar-refractivity contribution >= 4 is 11.6 Å². The number of benzene rings is 1. The predicted octanol–water partition coefficient (Wildman–Crippen LogP) is 3.35. The van der Waals surface area contributed by atoms with Crippen LogP contribution >= 0.6 is 11.6 Å². The molecule has 0 saturated heterocycles. The number of halogens is 1. The van der Waals surface area contributed by atoms with E-state index in [0.717, 1.165) is 22.2 Å². The van der Waals surface area contributed by atoms with E-state index in [1.165, 1.54) is 0 Å². The third-order valence-electron chi connectivity index (χ3n) is 2.44. The van der Waals surface area contributed by atoms with Gasteiger partial charge in [-0.15, -0.1) is 0 Å². The van der Waals surface area contributed by atoms with Crippen LogP contribution in [0.15, 0.2) is 36.4 Å².